The molecule has 0 aromatic carbocycles. The zero-order valence-electron chi connectivity index (χ0n) is 14.4. The van der Waals surface area contributed by atoms with Gasteiger partial charge in [0.25, 0.3) is 0 Å². The average Bonchev–Trinajstić information content (AvgIpc) is 3.20. The summed E-state index contributed by atoms with van der Waals surface area (Å²) in [6.45, 7) is 6.98. The molecule has 0 atom stereocenters. The van der Waals surface area contributed by atoms with Gasteiger partial charge in [0.2, 0.25) is 0 Å². The zero-order valence-corrected chi connectivity index (χ0v) is 15.2. The van der Waals surface area contributed by atoms with Crippen molar-refractivity contribution in [2.24, 2.45) is 5.92 Å². The second-order valence-corrected chi connectivity index (χ2v) is 7.33. The molecule has 0 aliphatic carbocycles. The van der Waals surface area contributed by atoms with Crippen molar-refractivity contribution in [2.75, 3.05) is 0 Å². The lowest BCUT2D eigenvalue weighted by Crippen LogP contribution is -2.26. The van der Waals surface area contributed by atoms with E-state index in [0.29, 0.717) is 23.9 Å². The van der Waals surface area contributed by atoms with Crippen LogP contribution in [0.2, 0.25) is 0 Å². The van der Waals surface area contributed by atoms with Crippen LogP contribution in [0, 0.1) is 5.92 Å². The third-order valence-electron chi connectivity index (χ3n) is 4.22. The Morgan fingerprint density at radius 2 is 2.00 bits per heavy atom. The summed E-state index contributed by atoms with van der Waals surface area (Å²) in [6.07, 6.45) is 4.36. The van der Waals surface area contributed by atoms with Gasteiger partial charge in [-0.25, -0.2) is 9.78 Å². The number of thiophene rings is 1. The van der Waals surface area contributed by atoms with Crippen LogP contribution in [-0.2, 0) is 13.0 Å². The first-order valence-electron chi connectivity index (χ1n) is 8.40. The first-order valence-corrected chi connectivity index (χ1v) is 9.28. The Labute approximate surface area is 148 Å². The van der Waals surface area contributed by atoms with Crippen LogP contribution in [0.4, 0.5) is 0 Å². The Balaban J connectivity index is 2.08. The molecule has 0 fully saturated rings. The molecule has 4 aromatic heterocycles. The summed E-state index contributed by atoms with van der Waals surface area (Å²) >= 11 is 1.61. The number of aromatic nitrogens is 5. The Bertz CT molecular complexity index is 1110. The van der Waals surface area contributed by atoms with Crippen LogP contribution in [-0.4, -0.2) is 24.1 Å². The molecule has 0 bridgehead atoms. The fraction of sp³-hybridized carbons (Fsp3) is 0.333. The Hall–Kier alpha value is -2.54. The predicted molar refractivity (Wildman–Crippen MR) is 100 cm³/mol. The lowest BCUT2D eigenvalue weighted by atomic mass is 10.0. The van der Waals surface area contributed by atoms with Gasteiger partial charge in [-0.3, -0.25) is 9.55 Å². The highest BCUT2D eigenvalue weighted by Gasteiger charge is 2.19. The van der Waals surface area contributed by atoms with Gasteiger partial charge in [-0.1, -0.05) is 13.8 Å². The predicted octanol–water partition coefficient (Wildman–Crippen LogP) is 3.39. The van der Waals surface area contributed by atoms with Gasteiger partial charge in [0.15, 0.2) is 11.5 Å². The van der Waals surface area contributed by atoms with Gasteiger partial charge in [0.05, 0.1) is 5.39 Å². The maximum Gasteiger partial charge on any atom is 0.351 e. The normalized spacial score (nSPS) is 11.8. The first-order chi connectivity index (χ1) is 12.1. The molecule has 128 valence electrons. The van der Waals surface area contributed by atoms with Crippen molar-refractivity contribution < 1.29 is 0 Å². The first kappa shape index (κ1) is 16.0. The van der Waals surface area contributed by atoms with Gasteiger partial charge >= 0.3 is 5.69 Å². The molecule has 0 saturated carbocycles. The van der Waals surface area contributed by atoms with E-state index in [-0.39, 0.29) is 5.69 Å². The van der Waals surface area contributed by atoms with Gasteiger partial charge < -0.3 is 0 Å². The SMILES string of the molecule is CCn1c(=O)n2nc(-c3ccncc3)nc2c2c(CC(C)C)csc21. The van der Waals surface area contributed by atoms with Crippen LogP contribution in [0.5, 0.6) is 0 Å². The number of hydrogen-bond donors (Lipinski definition) is 0. The number of aryl methyl sites for hydroxylation is 1. The number of pyridine rings is 1. The van der Waals surface area contributed by atoms with E-state index in [2.05, 4.69) is 29.3 Å². The van der Waals surface area contributed by atoms with E-state index in [0.717, 1.165) is 22.2 Å². The Morgan fingerprint density at radius 3 is 2.68 bits per heavy atom. The minimum Gasteiger partial charge on any atom is -0.283 e. The molecule has 25 heavy (non-hydrogen) atoms. The number of fused-ring (bicyclic) bond motifs is 3. The molecule has 4 heterocycles. The summed E-state index contributed by atoms with van der Waals surface area (Å²) in [7, 11) is 0. The molecule has 0 saturated heterocycles. The summed E-state index contributed by atoms with van der Waals surface area (Å²) in [4.78, 5) is 22.6. The van der Waals surface area contributed by atoms with E-state index in [1.165, 1.54) is 10.1 Å². The molecular weight excluding hydrogens is 334 g/mol. The second-order valence-electron chi connectivity index (χ2n) is 6.47. The molecule has 0 radical (unpaired) electrons. The summed E-state index contributed by atoms with van der Waals surface area (Å²) in [5.41, 5.74) is 2.59. The summed E-state index contributed by atoms with van der Waals surface area (Å²) in [5, 5.41) is 7.69. The molecule has 0 unspecified atom stereocenters. The van der Waals surface area contributed by atoms with Crippen LogP contribution < -0.4 is 5.69 Å². The summed E-state index contributed by atoms with van der Waals surface area (Å²) in [5.74, 6) is 1.08. The van der Waals surface area contributed by atoms with E-state index in [1.54, 1.807) is 28.3 Å². The van der Waals surface area contributed by atoms with Crippen molar-refractivity contribution in [1.82, 2.24) is 24.1 Å². The van der Waals surface area contributed by atoms with Crippen molar-refractivity contribution in [2.45, 2.75) is 33.7 Å². The summed E-state index contributed by atoms with van der Waals surface area (Å²) in [6, 6.07) is 3.71. The van der Waals surface area contributed by atoms with E-state index in [1.807, 2.05) is 19.1 Å². The van der Waals surface area contributed by atoms with Crippen molar-refractivity contribution in [3.63, 3.8) is 0 Å². The number of rotatable bonds is 4. The molecule has 0 N–H and O–H groups in total. The van der Waals surface area contributed by atoms with Crippen LogP contribution in [0.15, 0.2) is 34.7 Å². The van der Waals surface area contributed by atoms with Gasteiger partial charge in [-0.15, -0.1) is 16.4 Å². The fourth-order valence-corrected chi connectivity index (χ4v) is 4.26. The molecule has 0 amide bonds. The van der Waals surface area contributed by atoms with Crippen LogP contribution in [0.25, 0.3) is 27.3 Å². The van der Waals surface area contributed by atoms with E-state index < -0.39 is 0 Å². The number of nitrogens with zero attached hydrogens (tertiary/aromatic N) is 5. The van der Waals surface area contributed by atoms with Crippen molar-refractivity contribution in [3.05, 3.63) is 46.0 Å². The minimum atomic E-state index is -0.143. The van der Waals surface area contributed by atoms with Gasteiger partial charge in [-0.05, 0) is 42.3 Å². The quantitative estimate of drug-likeness (QED) is 0.564. The topological polar surface area (TPSA) is 65.1 Å². The second kappa shape index (κ2) is 6.07. The number of hydrogen-bond acceptors (Lipinski definition) is 5. The third kappa shape index (κ3) is 2.55. The van der Waals surface area contributed by atoms with E-state index in [4.69, 9.17) is 4.98 Å². The molecule has 7 heteroatoms. The highest BCUT2D eigenvalue weighted by atomic mass is 32.1. The lowest BCUT2D eigenvalue weighted by Gasteiger charge is -2.07. The van der Waals surface area contributed by atoms with Crippen LogP contribution in [0.3, 0.4) is 0 Å². The smallest absolute Gasteiger partial charge is 0.283 e. The van der Waals surface area contributed by atoms with Crippen molar-refractivity contribution >= 4 is 27.2 Å². The van der Waals surface area contributed by atoms with E-state index in [9.17, 15) is 4.79 Å². The van der Waals surface area contributed by atoms with Crippen molar-refractivity contribution in [3.8, 4) is 11.4 Å². The zero-order chi connectivity index (χ0) is 17.6. The molecule has 4 rings (SSSR count). The Kier molecular flexibility index (Phi) is 3.88. The minimum absolute atomic E-state index is 0.143. The lowest BCUT2D eigenvalue weighted by molar-refractivity contribution is 0.650. The van der Waals surface area contributed by atoms with Gasteiger partial charge in [-0.2, -0.15) is 4.52 Å². The molecule has 4 aromatic rings. The van der Waals surface area contributed by atoms with Gasteiger partial charge in [0, 0.05) is 24.5 Å². The van der Waals surface area contributed by atoms with Crippen molar-refractivity contribution in [1.29, 1.82) is 0 Å². The molecule has 0 aliphatic rings. The molecular formula is C18H19N5OS. The van der Waals surface area contributed by atoms with Crippen LogP contribution >= 0.6 is 11.3 Å². The van der Waals surface area contributed by atoms with Gasteiger partial charge in [0.1, 0.15) is 4.83 Å². The third-order valence-corrected chi connectivity index (χ3v) is 5.27. The van der Waals surface area contributed by atoms with E-state index >= 15 is 0 Å². The largest absolute Gasteiger partial charge is 0.351 e. The fourth-order valence-electron chi connectivity index (χ4n) is 3.12. The van der Waals surface area contributed by atoms with Crippen LogP contribution in [0.1, 0.15) is 26.3 Å². The summed E-state index contributed by atoms with van der Waals surface area (Å²) < 4.78 is 3.22. The monoisotopic (exact) mass is 353 g/mol. The average molecular weight is 353 g/mol. The Morgan fingerprint density at radius 1 is 1.24 bits per heavy atom. The standard InChI is InChI=1S/C18H19N5OS/c1-4-22-17-14(13(10-25-17)9-11(2)3)16-20-15(21-23(16)18(22)24)12-5-7-19-8-6-12/h5-8,10-11H,4,9H2,1-3H3. The highest BCUT2D eigenvalue weighted by Crippen LogP contribution is 2.30. The molecule has 6 nitrogen and oxygen atoms in total. The maximum absolute atomic E-state index is 12.9. The highest BCUT2D eigenvalue weighted by molar-refractivity contribution is 7.17. The molecule has 0 spiro atoms. The molecule has 0 aliphatic heterocycles. The maximum atomic E-state index is 12.9.